The zero-order chi connectivity index (χ0) is 18.2. The van der Waals surface area contributed by atoms with Crippen LogP contribution in [0.15, 0.2) is 59.8 Å². The second-order valence-corrected chi connectivity index (χ2v) is 7.21. The van der Waals surface area contributed by atoms with Crippen LogP contribution in [0.5, 0.6) is 0 Å². The highest BCUT2D eigenvalue weighted by Crippen LogP contribution is 2.18. The molecular weight excluding hydrogens is 344 g/mol. The van der Waals surface area contributed by atoms with Crippen LogP contribution in [0, 0.1) is 0 Å². The Kier molecular flexibility index (Phi) is 6.62. The van der Waals surface area contributed by atoms with Crippen LogP contribution in [0.1, 0.15) is 12.0 Å². The lowest BCUT2D eigenvalue weighted by Crippen LogP contribution is -2.15. The van der Waals surface area contributed by atoms with Crippen LogP contribution in [0.4, 0.5) is 5.69 Å². The maximum atomic E-state index is 4.12. The summed E-state index contributed by atoms with van der Waals surface area (Å²) in [6.07, 6.45) is 1.06. The van der Waals surface area contributed by atoms with E-state index in [9.17, 15) is 0 Å². The molecule has 26 heavy (non-hydrogen) atoms. The van der Waals surface area contributed by atoms with Crippen LogP contribution < -0.4 is 10.2 Å². The van der Waals surface area contributed by atoms with Gasteiger partial charge in [0.1, 0.15) is 0 Å². The van der Waals surface area contributed by atoms with E-state index < -0.39 is 0 Å². The van der Waals surface area contributed by atoms with Crippen molar-refractivity contribution in [3.05, 3.63) is 60.2 Å². The number of rotatable bonds is 9. The predicted octanol–water partition coefficient (Wildman–Crippen LogP) is 3.00. The van der Waals surface area contributed by atoms with E-state index in [1.807, 2.05) is 30.3 Å². The molecule has 0 amide bonds. The highest BCUT2D eigenvalue weighted by atomic mass is 32.2. The first-order valence-electron chi connectivity index (χ1n) is 8.67. The number of anilines is 1. The third kappa shape index (κ3) is 5.06. The number of aromatic nitrogens is 4. The highest BCUT2D eigenvalue weighted by Gasteiger charge is 2.07. The molecule has 1 N–H and O–H groups in total. The molecule has 0 aliphatic rings. The number of nitrogens with one attached hydrogen (secondary N) is 1. The maximum Gasteiger partial charge on any atom is 0.214 e. The number of tetrazole rings is 1. The molecule has 0 spiro atoms. The van der Waals surface area contributed by atoms with Gasteiger partial charge in [0.2, 0.25) is 5.16 Å². The van der Waals surface area contributed by atoms with Crippen molar-refractivity contribution >= 4 is 17.4 Å². The molecule has 0 radical (unpaired) electrons. The topological polar surface area (TPSA) is 58.9 Å². The summed E-state index contributed by atoms with van der Waals surface area (Å²) in [5, 5.41) is 16.3. The molecule has 7 heteroatoms. The molecule has 0 saturated heterocycles. The van der Waals surface area contributed by atoms with Crippen molar-refractivity contribution < 1.29 is 0 Å². The Morgan fingerprint density at radius 1 is 1.04 bits per heavy atom. The Balaban J connectivity index is 1.38. The lowest BCUT2D eigenvalue weighted by molar-refractivity contribution is 0.678. The molecule has 0 aliphatic carbocycles. The summed E-state index contributed by atoms with van der Waals surface area (Å²) in [5.74, 6) is 0.972. The monoisotopic (exact) mass is 368 g/mol. The van der Waals surface area contributed by atoms with Crippen molar-refractivity contribution in [2.75, 3.05) is 31.3 Å². The van der Waals surface area contributed by atoms with Gasteiger partial charge < -0.3 is 10.2 Å². The molecule has 0 saturated carbocycles. The largest absolute Gasteiger partial charge is 0.378 e. The summed E-state index contributed by atoms with van der Waals surface area (Å²) < 4.78 is 1.78. The van der Waals surface area contributed by atoms with Crippen molar-refractivity contribution in [1.29, 1.82) is 0 Å². The summed E-state index contributed by atoms with van der Waals surface area (Å²) >= 11 is 1.68. The highest BCUT2D eigenvalue weighted by molar-refractivity contribution is 7.99. The van der Waals surface area contributed by atoms with Gasteiger partial charge in [0.05, 0.1) is 5.69 Å². The zero-order valence-corrected chi connectivity index (χ0v) is 16.0. The van der Waals surface area contributed by atoms with Gasteiger partial charge in [-0.25, -0.2) is 0 Å². The second-order valence-electron chi connectivity index (χ2n) is 6.15. The van der Waals surface area contributed by atoms with Crippen molar-refractivity contribution in [1.82, 2.24) is 25.5 Å². The lowest BCUT2D eigenvalue weighted by atomic mass is 10.2. The Bertz CT molecular complexity index is 785. The van der Waals surface area contributed by atoms with Crippen LogP contribution in [-0.2, 0) is 6.54 Å². The average Bonchev–Trinajstić information content (AvgIpc) is 3.14. The standard InChI is InChI=1S/C19H24N6S/c1-24(2)17-11-9-16(10-12-17)15-20-13-6-14-26-19-21-22-23-25(19)18-7-4-3-5-8-18/h3-5,7-12,20H,6,13-15H2,1-2H3. The van der Waals surface area contributed by atoms with E-state index in [1.165, 1.54) is 11.3 Å². The van der Waals surface area contributed by atoms with Crippen molar-refractivity contribution in [3.8, 4) is 5.69 Å². The molecule has 1 heterocycles. The van der Waals surface area contributed by atoms with E-state index >= 15 is 0 Å². The van der Waals surface area contributed by atoms with Gasteiger partial charge in [-0.05, 0) is 53.2 Å². The smallest absolute Gasteiger partial charge is 0.214 e. The van der Waals surface area contributed by atoms with Crippen LogP contribution >= 0.6 is 11.8 Å². The second kappa shape index (κ2) is 9.35. The molecule has 0 aliphatic heterocycles. The van der Waals surface area contributed by atoms with Crippen molar-refractivity contribution in [2.24, 2.45) is 0 Å². The number of hydrogen-bond donors (Lipinski definition) is 1. The van der Waals surface area contributed by atoms with E-state index in [2.05, 4.69) is 64.1 Å². The predicted molar refractivity (Wildman–Crippen MR) is 107 cm³/mol. The minimum atomic E-state index is 0.829. The molecule has 3 aromatic rings. The minimum absolute atomic E-state index is 0.829. The molecule has 0 fully saturated rings. The Hall–Kier alpha value is -2.38. The minimum Gasteiger partial charge on any atom is -0.378 e. The summed E-state index contributed by atoms with van der Waals surface area (Å²) in [7, 11) is 4.11. The van der Waals surface area contributed by atoms with Crippen molar-refractivity contribution in [3.63, 3.8) is 0 Å². The molecule has 1 aromatic heterocycles. The van der Waals surface area contributed by atoms with Gasteiger partial charge in [0, 0.05) is 32.1 Å². The van der Waals surface area contributed by atoms with E-state index in [1.54, 1.807) is 16.4 Å². The van der Waals surface area contributed by atoms with Gasteiger partial charge in [-0.2, -0.15) is 4.68 Å². The number of para-hydroxylation sites is 1. The fraction of sp³-hybridized carbons (Fsp3) is 0.316. The third-order valence-electron chi connectivity index (χ3n) is 3.95. The van der Waals surface area contributed by atoms with E-state index in [-0.39, 0.29) is 0 Å². The van der Waals surface area contributed by atoms with Crippen LogP contribution in [-0.4, -0.2) is 46.6 Å². The van der Waals surface area contributed by atoms with Gasteiger partial charge in [0.25, 0.3) is 0 Å². The lowest BCUT2D eigenvalue weighted by Gasteiger charge is -2.12. The van der Waals surface area contributed by atoms with Gasteiger partial charge in [0.15, 0.2) is 0 Å². The first kappa shape index (κ1) is 18.4. The number of thioether (sulfide) groups is 1. The Morgan fingerprint density at radius 3 is 2.54 bits per heavy atom. The molecule has 136 valence electrons. The van der Waals surface area contributed by atoms with E-state index in [0.717, 1.165) is 36.1 Å². The van der Waals surface area contributed by atoms with E-state index in [4.69, 9.17) is 0 Å². The molecule has 2 aromatic carbocycles. The number of nitrogens with zero attached hydrogens (tertiary/aromatic N) is 5. The Labute approximate surface area is 158 Å². The quantitative estimate of drug-likeness (QED) is 0.463. The van der Waals surface area contributed by atoms with Gasteiger partial charge in [-0.15, -0.1) is 5.10 Å². The maximum absolute atomic E-state index is 4.12. The number of benzene rings is 2. The average molecular weight is 369 g/mol. The number of hydrogen-bond acceptors (Lipinski definition) is 6. The van der Waals surface area contributed by atoms with Gasteiger partial charge >= 0.3 is 0 Å². The summed E-state index contributed by atoms with van der Waals surface area (Å²) in [6, 6.07) is 18.6. The Morgan fingerprint density at radius 2 is 1.81 bits per heavy atom. The van der Waals surface area contributed by atoms with Crippen LogP contribution in [0.3, 0.4) is 0 Å². The summed E-state index contributed by atoms with van der Waals surface area (Å²) in [4.78, 5) is 2.11. The fourth-order valence-electron chi connectivity index (χ4n) is 2.51. The first-order valence-corrected chi connectivity index (χ1v) is 9.66. The summed E-state index contributed by atoms with van der Waals surface area (Å²) in [6.45, 7) is 1.86. The molecule has 0 unspecified atom stereocenters. The zero-order valence-electron chi connectivity index (χ0n) is 15.2. The summed E-state index contributed by atoms with van der Waals surface area (Å²) in [5.41, 5.74) is 3.51. The fourth-order valence-corrected chi connectivity index (χ4v) is 3.34. The van der Waals surface area contributed by atoms with Crippen LogP contribution in [0.2, 0.25) is 0 Å². The van der Waals surface area contributed by atoms with Gasteiger partial charge in [-0.1, -0.05) is 42.1 Å². The van der Waals surface area contributed by atoms with E-state index in [0.29, 0.717) is 0 Å². The molecule has 3 rings (SSSR count). The van der Waals surface area contributed by atoms with Gasteiger partial charge in [-0.3, -0.25) is 0 Å². The first-order chi connectivity index (χ1) is 12.7. The third-order valence-corrected chi connectivity index (χ3v) is 4.96. The molecule has 6 nitrogen and oxygen atoms in total. The molecular formula is C19H24N6S. The molecule has 0 atom stereocenters. The normalized spacial score (nSPS) is 10.8. The molecule has 0 bridgehead atoms. The SMILES string of the molecule is CN(C)c1ccc(CNCCCSc2nnnn2-c2ccccc2)cc1. The van der Waals surface area contributed by atoms with Crippen molar-refractivity contribution in [2.45, 2.75) is 18.1 Å². The van der Waals surface area contributed by atoms with Crippen LogP contribution in [0.25, 0.3) is 5.69 Å².